The van der Waals surface area contributed by atoms with Crippen molar-refractivity contribution in [1.82, 2.24) is 0 Å². The molecule has 0 radical (unpaired) electrons. The molecule has 0 heterocycles. The SMILES string of the molecule is CCC(C)C(=O)OCc1ccc(Br)cc1. The van der Waals surface area contributed by atoms with E-state index < -0.39 is 0 Å². The van der Waals surface area contributed by atoms with Gasteiger partial charge in [-0.15, -0.1) is 0 Å². The van der Waals surface area contributed by atoms with Gasteiger partial charge in [0.2, 0.25) is 0 Å². The standard InChI is InChI=1S/C12H15BrO2/c1-3-9(2)12(14)15-8-10-4-6-11(13)7-5-10/h4-7,9H,3,8H2,1-2H3. The van der Waals surface area contributed by atoms with Gasteiger partial charge in [0.25, 0.3) is 0 Å². The monoisotopic (exact) mass is 270 g/mol. The summed E-state index contributed by atoms with van der Waals surface area (Å²) >= 11 is 3.35. The first-order chi connectivity index (χ1) is 7.13. The topological polar surface area (TPSA) is 26.3 Å². The highest BCUT2D eigenvalue weighted by Crippen LogP contribution is 2.12. The van der Waals surface area contributed by atoms with Gasteiger partial charge in [0.15, 0.2) is 0 Å². The zero-order valence-electron chi connectivity index (χ0n) is 9.00. The molecule has 15 heavy (non-hydrogen) atoms. The normalized spacial score (nSPS) is 12.2. The van der Waals surface area contributed by atoms with Gasteiger partial charge in [-0.2, -0.15) is 0 Å². The predicted molar refractivity (Wildman–Crippen MR) is 63.4 cm³/mol. The van der Waals surface area contributed by atoms with Gasteiger partial charge in [0.05, 0.1) is 5.92 Å². The van der Waals surface area contributed by atoms with E-state index in [-0.39, 0.29) is 11.9 Å². The molecule has 0 fully saturated rings. The molecule has 0 aliphatic heterocycles. The Labute approximate surface area is 98.8 Å². The molecule has 82 valence electrons. The first-order valence-electron chi connectivity index (χ1n) is 5.04. The van der Waals surface area contributed by atoms with Crippen molar-refractivity contribution in [2.24, 2.45) is 5.92 Å². The highest BCUT2D eigenvalue weighted by atomic mass is 79.9. The summed E-state index contributed by atoms with van der Waals surface area (Å²) in [6.07, 6.45) is 0.819. The second-order valence-corrected chi connectivity index (χ2v) is 4.46. The van der Waals surface area contributed by atoms with Crippen molar-refractivity contribution < 1.29 is 9.53 Å². The Hall–Kier alpha value is -0.830. The molecule has 0 aromatic heterocycles. The number of carbonyl (C=O) groups is 1. The zero-order chi connectivity index (χ0) is 11.3. The van der Waals surface area contributed by atoms with E-state index in [4.69, 9.17) is 4.74 Å². The van der Waals surface area contributed by atoms with Gasteiger partial charge in [-0.3, -0.25) is 4.79 Å². The number of hydrogen-bond acceptors (Lipinski definition) is 2. The largest absolute Gasteiger partial charge is 0.461 e. The minimum atomic E-state index is -0.125. The van der Waals surface area contributed by atoms with Crippen LogP contribution < -0.4 is 0 Å². The Morgan fingerprint density at radius 3 is 2.53 bits per heavy atom. The van der Waals surface area contributed by atoms with E-state index in [0.29, 0.717) is 6.61 Å². The van der Waals surface area contributed by atoms with Crippen molar-refractivity contribution in [1.29, 1.82) is 0 Å². The van der Waals surface area contributed by atoms with Crippen LogP contribution >= 0.6 is 15.9 Å². The number of hydrogen-bond donors (Lipinski definition) is 0. The summed E-state index contributed by atoms with van der Waals surface area (Å²) in [6.45, 7) is 4.21. The Balaban J connectivity index is 2.43. The molecule has 1 aromatic carbocycles. The minimum Gasteiger partial charge on any atom is -0.461 e. The van der Waals surface area contributed by atoms with Gasteiger partial charge in [0, 0.05) is 4.47 Å². The number of ether oxygens (including phenoxy) is 1. The minimum absolute atomic E-state index is 0.0135. The van der Waals surface area contributed by atoms with Crippen LogP contribution in [0.4, 0.5) is 0 Å². The molecule has 1 unspecified atom stereocenters. The van der Waals surface area contributed by atoms with Crippen LogP contribution in [0.1, 0.15) is 25.8 Å². The van der Waals surface area contributed by atoms with Crippen molar-refractivity contribution in [2.75, 3.05) is 0 Å². The molecule has 0 amide bonds. The van der Waals surface area contributed by atoms with Gasteiger partial charge in [-0.1, -0.05) is 41.9 Å². The van der Waals surface area contributed by atoms with Crippen LogP contribution in [-0.2, 0) is 16.1 Å². The maximum Gasteiger partial charge on any atom is 0.308 e. The van der Waals surface area contributed by atoms with E-state index in [1.54, 1.807) is 0 Å². The fourth-order valence-electron chi connectivity index (χ4n) is 1.04. The number of esters is 1. The van der Waals surface area contributed by atoms with E-state index in [0.717, 1.165) is 16.5 Å². The summed E-state index contributed by atoms with van der Waals surface area (Å²) in [5.74, 6) is -0.138. The van der Waals surface area contributed by atoms with Crippen molar-refractivity contribution in [3.8, 4) is 0 Å². The lowest BCUT2D eigenvalue weighted by molar-refractivity contribution is -0.149. The Morgan fingerprint density at radius 1 is 1.40 bits per heavy atom. The van der Waals surface area contributed by atoms with Gasteiger partial charge >= 0.3 is 5.97 Å². The van der Waals surface area contributed by atoms with Gasteiger partial charge in [-0.05, 0) is 24.1 Å². The highest BCUT2D eigenvalue weighted by Gasteiger charge is 2.11. The molecule has 0 bridgehead atoms. The molecule has 1 aromatic rings. The zero-order valence-corrected chi connectivity index (χ0v) is 10.6. The van der Waals surface area contributed by atoms with E-state index in [9.17, 15) is 4.79 Å². The summed E-state index contributed by atoms with van der Waals surface area (Å²) in [6, 6.07) is 7.75. The van der Waals surface area contributed by atoms with E-state index in [2.05, 4.69) is 15.9 Å². The molecule has 2 nitrogen and oxygen atoms in total. The number of benzene rings is 1. The smallest absolute Gasteiger partial charge is 0.308 e. The lowest BCUT2D eigenvalue weighted by Gasteiger charge is -2.09. The number of carbonyl (C=O) groups excluding carboxylic acids is 1. The van der Waals surface area contributed by atoms with Crippen molar-refractivity contribution in [3.63, 3.8) is 0 Å². The quantitative estimate of drug-likeness (QED) is 0.783. The molecule has 0 saturated heterocycles. The third-order valence-corrected chi connectivity index (χ3v) is 2.84. The predicted octanol–water partition coefficient (Wildman–Crippen LogP) is 3.54. The van der Waals surface area contributed by atoms with Crippen LogP contribution in [-0.4, -0.2) is 5.97 Å². The number of halogens is 1. The van der Waals surface area contributed by atoms with E-state index >= 15 is 0 Å². The maximum atomic E-state index is 11.4. The maximum absolute atomic E-state index is 11.4. The molecule has 3 heteroatoms. The first kappa shape index (κ1) is 12.2. The fourth-order valence-corrected chi connectivity index (χ4v) is 1.31. The lowest BCUT2D eigenvalue weighted by Crippen LogP contribution is -2.13. The Bertz CT molecular complexity index is 319. The third kappa shape index (κ3) is 4.04. The van der Waals surface area contributed by atoms with Gasteiger partial charge in [-0.25, -0.2) is 0 Å². The van der Waals surface area contributed by atoms with Crippen molar-refractivity contribution >= 4 is 21.9 Å². The molecule has 0 saturated carbocycles. The second-order valence-electron chi connectivity index (χ2n) is 3.54. The molecule has 0 aliphatic rings. The third-order valence-electron chi connectivity index (χ3n) is 2.31. The lowest BCUT2D eigenvalue weighted by atomic mass is 10.1. The van der Waals surface area contributed by atoms with Crippen LogP contribution in [0.2, 0.25) is 0 Å². The van der Waals surface area contributed by atoms with Crippen molar-refractivity contribution in [2.45, 2.75) is 26.9 Å². The van der Waals surface area contributed by atoms with Crippen LogP contribution in [0.5, 0.6) is 0 Å². The summed E-state index contributed by atoms with van der Waals surface area (Å²) < 4.78 is 6.19. The van der Waals surface area contributed by atoms with Crippen LogP contribution in [0, 0.1) is 5.92 Å². The summed E-state index contributed by atoms with van der Waals surface area (Å²) in [4.78, 5) is 11.4. The Kier molecular flexibility index (Phi) is 4.82. The average Bonchev–Trinajstić information content (AvgIpc) is 2.26. The molecule has 1 rings (SSSR count). The van der Waals surface area contributed by atoms with Gasteiger partial charge < -0.3 is 4.74 Å². The van der Waals surface area contributed by atoms with Crippen molar-refractivity contribution in [3.05, 3.63) is 34.3 Å². The van der Waals surface area contributed by atoms with Gasteiger partial charge in [0.1, 0.15) is 6.61 Å². The van der Waals surface area contributed by atoms with Crippen LogP contribution in [0.3, 0.4) is 0 Å². The molecule has 0 spiro atoms. The van der Waals surface area contributed by atoms with E-state index in [1.807, 2.05) is 38.1 Å². The average molecular weight is 271 g/mol. The molecular weight excluding hydrogens is 256 g/mol. The van der Waals surface area contributed by atoms with E-state index in [1.165, 1.54) is 0 Å². The van der Waals surface area contributed by atoms with Crippen LogP contribution in [0.15, 0.2) is 28.7 Å². The number of rotatable bonds is 4. The molecule has 0 N–H and O–H groups in total. The summed E-state index contributed by atoms with van der Waals surface area (Å²) in [5, 5.41) is 0. The van der Waals surface area contributed by atoms with Crippen LogP contribution in [0.25, 0.3) is 0 Å². The second kappa shape index (κ2) is 5.91. The molecule has 0 aliphatic carbocycles. The summed E-state index contributed by atoms with van der Waals surface area (Å²) in [5.41, 5.74) is 1.01. The first-order valence-corrected chi connectivity index (χ1v) is 5.84. The Morgan fingerprint density at radius 2 is 2.00 bits per heavy atom. The molecular formula is C12H15BrO2. The highest BCUT2D eigenvalue weighted by molar-refractivity contribution is 9.10. The fraction of sp³-hybridized carbons (Fsp3) is 0.417. The summed E-state index contributed by atoms with van der Waals surface area (Å²) in [7, 11) is 0. The molecule has 1 atom stereocenters.